The molecule has 148 valence electrons. The van der Waals surface area contributed by atoms with E-state index in [-0.39, 0.29) is 11.9 Å². The lowest BCUT2D eigenvalue weighted by Gasteiger charge is -2.38. The smallest absolute Gasteiger partial charge is 0.237 e. The molecule has 1 amide bonds. The van der Waals surface area contributed by atoms with E-state index in [9.17, 15) is 4.79 Å². The Hall–Kier alpha value is -2.37. The highest BCUT2D eigenvalue weighted by molar-refractivity contribution is 5.80. The van der Waals surface area contributed by atoms with Gasteiger partial charge in [0.15, 0.2) is 0 Å². The normalized spacial score (nSPS) is 19.9. The van der Waals surface area contributed by atoms with Crippen molar-refractivity contribution >= 4 is 5.91 Å². The maximum absolute atomic E-state index is 12.9. The van der Waals surface area contributed by atoms with Gasteiger partial charge in [-0.25, -0.2) is 0 Å². The zero-order valence-corrected chi connectivity index (χ0v) is 16.7. The van der Waals surface area contributed by atoms with Crippen molar-refractivity contribution in [3.63, 3.8) is 0 Å². The van der Waals surface area contributed by atoms with Crippen LogP contribution >= 0.6 is 0 Å². The van der Waals surface area contributed by atoms with E-state index < -0.39 is 0 Å². The van der Waals surface area contributed by atoms with Gasteiger partial charge < -0.3 is 14.4 Å². The number of carbonyl (C=O) groups is 1. The lowest BCUT2D eigenvalue weighted by Crippen LogP contribution is -2.47. The Labute approximate surface area is 166 Å². The Morgan fingerprint density at radius 3 is 2.57 bits per heavy atom. The minimum absolute atomic E-state index is 0.0930. The van der Waals surface area contributed by atoms with Crippen LogP contribution in [0.1, 0.15) is 24.1 Å². The van der Waals surface area contributed by atoms with E-state index in [0.717, 1.165) is 45.0 Å². The zero-order chi connectivity index (χ0) is 19.5. The summed E-state index contributed by atoms with van der Waals surface area (Å²) in [6.07, 6.45) is 0.886. The Balaban J connectivity index is 1.54. The third-order valence-corrected chi connectivity index (χ3v) is 5.92. The molecule has 2 heterocycles. The molecule has 0 aliphatic carbocycles. The first kappa shape index (κ1) is 19.0. The molecule has 0 spiro atoms. The molecule has 1 atom stereocenters. The second kappa shape index (κ2) is 8.33. The highest BCUT2D eigenvalue weighted by atomic mass is 16.5. The molecule has 5 nitrogen and oxygen atoms in total. The molecule has 4 rings (SSSR count). The molecule has 2 aromatic rings. The Morgan fingerprint density at radius 2 is 1.86 bits per heavy atom. The molecule has 0 radical (unpaired) electrons. The van der Waals surface area contributed by atoms with Gasteiger partial charge in [0.2, 0.25) is 5.91 Å². The summed E-state index contributed by atoms with van der Waals surface area (Å²) in [6, 6.07) is 14.8. The van der Waals surface area contributed by atoms with Gasteiger partial charge in [-0.2, -0.15) is 0 Å². The molecule has 2 aliphatic heterocycles. The number of hydrogen-bond donors (Lipinski definition) is 0. The standard InChI is InChI=1S/C23H28N2O3/c1-17-20-4-3-5-21(18-6-8-19(27-2)9-7-18)22(20)10-11-25(17)23(26)16-24-12-14-28-15-13-24/h3-9,17H,10-16H2,1-2H3. The molecule has 2 aliphatic rings. The van der Waals surface area contributed by atoms with Crippen LogP contribution in [0.4, 0.5) is 0 Å². The number of fused-ring (bicyclic) bond motifs is 1. The van der Waals surface area contributed by atoms with Crippen molar-refractivity contribution in [2.24, 2.45) is 0 Å². The van der Waals surface area contributed by atoms with Crippen LogP contribution in [0.25, 0.3) is 11.1 Å². The average Bonchev–Trinajstić information content (AvgIpc) is 2.74. The van der Waals surface area contributed by atoms with Crippen LogP contribution < -0.4 is 4.74 Å². The fraction of sp³-hybridized carbons (Fsp3) is 0.435. The molecule has 0 saturated carbocycles. The molecular weight excluding hydrogens is 352 g/mol. The van der Waals surface area contributed by atoms with Crippen molar-refractivity contribution in [2.45, 2.75) is 19.4 Å². The van der Waals surface area contributed by atoms with Gasteiger partial charge in [0.25, 0.3) is 0 Å². The van der Waals surface area contributed by atoms with Crippen LogP contribution in [-0.4, -0.2) is 62.2 Å². The fourth-order valence-corrected chi connectivity index (χ4v) is 4.29. The van der Waals surface area contributed by atoms with Crippen molar-refractivity contribution in [3.05, 3.63) is 53.6 Å². The molecule has 0 bridgehead atoms. The molecule has 1 saturated heterocycles. The van der Waals surface area contributed by atoms with Crippen LogP contribution in [0.5, 0.6) is 5.75 Å². The Bertz CT molecular complexity index is 828. The van der Waals surface area contributed by atoms with E-state index in [1.165, 1.54) is 22.3 Å². The quantitative estimate of drug-likeness (QED) is 0.817. The highest BCUT2D eigenvalue weighted by Gasteiger charge is 2.30. The van der Waals surface area contributed by atoms with Crippen LogP contribution in [-0.2, 0) is 16.0 Å². The molecule has 0 aromatic heterocycles. The number of ether oxygens (including phenoxy) is 2. The second-order valence-corrected chi connectivity index (χ2v) is 7.50. The lowest BCUT2D eigenvalue weighted by atomic mass is 9.87. The number of benzene rings is 2. The molecule has 0 N–H and O–H groups in total. The third-order valence-electron chi connectivity index (χ3n) is 5.92. The highest BCUT2D eigenvalue weighted by Crippen LogP contribution is 2.36. The summed E-state index contributed by atoms with van der Waals surface area (Å²) >= 11 is 0. The largest absolute Gasteiger partial charge is 0.497 e. The first-order valence-electron chi connectivity index (χ1n) is 10.0. The summed E-state index contributed by atoms with van der Waals surface area (Å²) in [4.78, 5) is 17.2. The van der Waals surface area contributed by atoms with Gasteiger partial charge in [0, 0.05) is 19.6 Å². The van der Waals surface area contributed by atoms with Crippen molar-refractivity contribution in [1.29, 1.82) is 0 Å². The molecule has 1 fully saturated rings. The SMILES string of the molecule is COc1ccc(-c2cccc3c2CCN(C(=O)CN2CCOCC2)C3C)cc1. The minimum atomic E-state index is 0.0930. The van der Waals surface area contributed by atoms with Crippen LogP contribution in [0.2, 0.25) is 0 Å². The second-order valence-electron chi connectivity index (χ2n) is 7.50. The third kappa shape index (κ3) is 3.77. The summed E-state index contributed by atoms with van der Waals surface area (Å²) in [5.74, 6) is 1.08. The first-order chi connectivity index (χ1) is 13.7. The van der Waals surface area contributed by atoms with Crippen molar-refractivity contribution in [1.82, 2.24) is 9.80 Å². The van der Waals surface area contributed by atoms with Crippen molar-refractivity contribution < 1.29 is 14.3 Å². The maximum atomic E-state index is 12.9. The van der Waals surface area contributed by atoms with Gasteiger partial charge in [-0.05, 0) is 47.7 Å². The van der Waals surface area contributed by atoms with Crippen molar-refractivity contribution in [2.75, 3.05) is 46.5 Å². The molecule has 1 unspecified atom stereocenters. The van der Waals surface area contributed by atoms with Gasteiger partial charge in [-0.1, -0.05) is 30.3 Å². The number of methoxy groups -OCH3 is 1. The van der Waals surface area contributed by atoms with E-state index in [1.54, 1.807) is 7.11 Å². The summed E-state index contributed by atoms with van der Waals surface area (Å²) in [5.41, 5.74) is 5.07. The predicted molar refractivity (Wildman–Crippen MR) is 110 cm³/mol. The van der Waals surface area contributed by atoms with Crippen LogP contribution in [0, 0.1) is 0 Å². The Kier molecular flexibility index (Phi) is 5.64. The molecule has 28 heavy (non-hydrogen) atoms. The predicted octanol–water partition coefficient (Wildman–Crippen LogP) is 3.14. The van der Waals surface area contributed by atoms with Crippen LogP contribution in [0.15, 0.2) is 42.5 Å². The van der Waals surface area contributed by atoms with E-state index in [1.807, 2.05) is 17.0 Å². The van der Waals surface area contributed by atoms with E-state index in [4.69, 9.17) is 9.47 Å². The van der Waals surface area contributed by atoms with Crippen molar-refractivity contribution in [3.8, 4) is 16.9 Å². The Morgan fingerprint density at radius 1 is 1.11 bits per heavy atom. The number of hydrogen-bond acceptors (Lipinski definition) is 4. The van der Waals surface area contributed by atoms with Gasteiger partial charge >= 0.3 is 0 Å². The van der Waals surface area contributed by atoms with Gasteiger partial charge in [-0.3, -0.25) is 9.69 Å². The number of carbonyl (C=O) groups excluding carboxylic acids is 1. The number of amides is 1. The van der Waals surface area contributed by atoms with E-state index in [2.05, 4.69) is 42.2 Å². The van der Waals surface area contributed by atoms with Gasteiger partial charge in [-0.15, -0.1) is 0 Å². The number of rotatable bonds is 4. The zero-order valence-electron chi connectivity index (χ0n) is 16.7. The molecular formula is C23H28N2O3. The summed E-state index contributed by atoms with van der Waals surface area (Å²) < 4.78 is 10.7. The average molecular weight is 380 g/mol. The minimum Gasteiger partial charge on any atom is -0.497 e. The van der Waals surface area contributed by atoms with E-state index >= 15 is 0 Å². The molecule has 2 aromatic carbocycles. The topological polar surface area (TPSA) is 42.0 Å². The maximum Gasteiger partial charge on any atom is 0.237 e. The fourth-order valence-electron chi connectivity index (χ4n) is 4.29. The van der Waals surface area contributed by atoms with Crippen LogP contribution in [0.3, 0.4) is 0 Å². The number of morpholine rings is 1. The summed E-state index contributed by atoms with van der Waals surface area (Å²) in [6.45, 7) is 6.52. The monoisotopic (exact) mass is 380 g/mol. The summed E-state index contributed by atoms with van der Waals surface area (Å²) in [7, 11) is 1.68. The number of nitrogens with zero attached hydrogens (tertiary/aromatic N) is 2. The summed E-state index contributed by atoms with van der Waals surface area (Å²) in [5, 5.41) is 0. The first-order valence-corrected chi connectivity index (χ1v) is 10.0. The van der Waals surface area contributed by atoms with Gasteiger partial charge in [0.05, 0.1) is 32.9 Å². The lowest BCUT2D eigenvalue weighted by molar-refractivity contribution is -0.136. The molecule has 5 heteroatoms. The van der Waals surface area contributed by atoms with Gasteiger partial charge in [0.1, 0.15) is 5.75 Å². The van der Waals surface area contributed by atoms with E-state index in [0.29, 0.717) is 6.54 Å².